The molecule has 0 radical (unpaired) electrons. The maximum atomic E-state index is 8.20. The van der Waals surface area contributed by atoms with Crippen molar-refractivity contribution in [2.45, 2.75) is 90.6 Å². The molecule has 0 amide bonds. The van der Waals surface area contributed by atoms with E-state index >= 15 is 0 Å². The molecule has 1 aliphatic carbocycles. The van der Waals surface area contributed by atoms with Crippen molar-refractivity contribution >= 4 is 19.7 Å². The number of aromatic nitrogens is 1. The monoisotopic (exact) mass is 354 g/mol. The van der Waals surface area contributed by atoms with Gasteiger partial charge in [-0.1, -0.05) is 41.5 Å². The van der Waals surface area contributed by atoms with Crippen LogP contribution in [0.25, 0.3) is 0 Å². The van der Waals surface area contributed by atoms with E-state index in [-0.39, 0.29) is 10.5 Å². The summed E-state index contributed by atoms with van der Waals surface area (Å²) in [6, 6.07) is 0. The van der Waals surface area contributed by atoms with Crippen molar-refractivity contribution in [1.29, 1.82) is 5.41 Å². The van der Waals surface area contributed by atoms with E-state index in [4.69, 9.17) is 9.84 Å². The highest BCUT2D eigenvalue weighted by Crippen LogP contribution is 2.41. The molecule has 0 bridgehead atoms. The van der Waals surface area contributed by atoms with E-state index in [9.17, 15) is 0 Å². The number of nitrogens with zero attached hydrogens (tertiary/aromatic N) is 1. The number of thiazole rings is 1. The molecule has 1 N–H and O–H groups in total. The van der Waals surface area contributed by atoms with Crippen LogP contribution in [0.3, 0.4) is 0 Å². The Kier molecular flexibility index (Phi) is 5.07. The zero-order chi connectivity index (χ0) is 17.6. The van der Waals surface area contributed by atoms with Crippen LogP contribution in [0, 0.1) is 11.3 Å². The molecule has 3 nitrogen and oxygen atoms in total. The van der Waals surface area contributed by atoms with Crippen LogP contribution < -0.4 is 4.80 Å². The summed E-state index contributed by atoms with van der Waals surface area (Å²) < 4.78 is 8.62. The molecule has 0 unspecified atom stereocenters. The lowest BCUT2D eigenvalue weighted by atomic mass is 9.82. The third-order valence-electron chi connectivity index (χ3n) is 5.39. The van der Waals surface area contributed by atoms with Crippen LogP contribution >= 0.6 is 11.3 Å². The van der Waals surface area contributed by atoms with Gasteiger partial charge in [0, 0.05) is 23.7 Å². The molecule has 1 aliphatic rings. The van der Waals surface area contributed by atoms with Gasteiger partial charge in [-0.3, -0.25) is 5.41 Å². The molecule has 0 saturated heterocycles. The van der Waals surface area contributed by atoms with Crippen molar-refractivity contribution in [3.63, 3.8) is 0 Å². The van der Waals surface area contributed by atoms with Gasteiger partial charge in [0.15, 0.2) is 13.1 Å². The number of nitrogens with one attached hydrogen (secondary N) is 1. The van der Waals surface area contributed by atoms with Crippen LogP contribution in [0.15, 0.2) is 6.20 Å². The minimum Gasteiger partial charge on any atom is -0.414 e. The fraction of sp³-hybridized carbons (Fsp3) is 0.833. The lowest BCUT2D eigenvalue weighted by molar-refractivity contribution is 0.0442. The van der Waals surface area contributed by atoms with Crippen LogP contribution in [0.2, 0.25) is 18.1 Å². The van der Waals surface area contributed by atoms with E-state index in [1.54, 1.807) is 11.3 Å². The Labute approximate surface area is 146 Å². The molecule has 132 valence electrons. The molecule has 1 aromatic heterocycles. The summed E-state index contributed by atoms with van der Waals surface area (Å²) in [6.07, 6.45) is 4.94. The van der Waals surface area contributed by atoms with Crippen LogP contribution in [0.4, 0.5) is 0 Å². The summed E-state index contributed by atoms with van der Waals surface area (Å²) in [5, 5.41) is 8.49. The first-order valence-corrected chi connectivity index (χ1v) is 12.5. The van der Waals surface area contributed by atoms with Crippen LogP contribution in [0.5, 0.6) is 0 Å². The van der Waals surface area contributed by atoms with Crippen molar-refractivity contribution in [2.24, 2.45) is 5.92 Å². The molecule has 0 aromatic carbocycles. The van der Waals surface area contributed by atoms with Crippen LogP contribution in [0.1, 0.15) is 59.3 Å². The van der Waals surface area contributed by atoms with Crippen LogP contribution in [-0.4, -0.2) is 19.0 Å². The Balaban J connectivity index is 1.90. The Morgan fingerprint density at radius 2 is 1.78 bits per heavy atom. The number of hydrogen-bond acceptors (Lipinski definition) is 3. The molecule has 23 heavy (non-hydrogen) atoms. The van der Waals surface area contributed by atoms with Gasteiger partial charge in [0.05, 0.1) is 0 Å². The number of rotatable bonds is 4. The second-order valence-electron chi connectivity index (χ2n) is 9.64. The molecule has 2 rings (SSSR count). The highest BCUT2D eigenvalue weighted by molar-refractivity contribution is 7.09. The lowest BCUT2D eigenvalue weighted by Gasteiger charge is -2.45. The third kappa shape index (κ3) is 4.37. The second kappa shape index (κ2) is 6.16. The molecule has 1 aromatic rings. The third-order valence-corrected chi connectivity index (χ3v) is 11.3. The molecule has 1 saturated carbocycles. The van der Waals surface area contributed by atoms with E-state index in [0.717, 1.165) is 19.4 Å². The summed E-state index contributed by atoms with van der Waals surface area (Å²) in [7, 11) is -1.63. The standard InChI is InChI=1S/C18H34N2OSSi/c1-17(2,3)15-12-20(16(19)22-15)11-13-9-14(10-13)21-23(7,8)18(4,5)6/h12-14,19H,9-11H2,1-8H3. The Morgan fingerprint density at radius 3 is 2.22 bits per heavy atom. The number of hydrogen-bond donors (Lipinski definition) is 1. The minimum absolute atomic E-state index is 0.138. The first kappa shape index (κ1) is 18.9. The van der Waals surface area contributed by atoms with Crippen molar-refractivity contribution in [3.05, 3.63) is 15.9 Å². The minimum atomic E-state index is -1.63. The first-order chi connectivity index (χ1) is 10.3. The molecule has 1 heterocycles. The lowest BCUT2D eigenvalue weighted by Crippen LogP contribution is -2.48. The van der Waals surface area contributed by atoms with Gasteiger partial charge < -0.3 is 8.99 Å². The van der Waals surface area contributed by atoms with E-state index < -0.39 is 8.32 Å². The highest BCUT2D eigenvalue weighted by Gasteiger charge is 2.42. The average Bonchev–Trinajstić information content (AvgIpc) is 2.66. The van der Waals surface area contributed by atoms with Crippen molar-refractivity contribution in [3.8, 4) is 0 Å². The molecule has 5 heteroatoms. The van der Waals surface area contributed by atoms with Crippen molar-refractivity contribution in [2.75, 3.05) is 0 Å². The zero-order valence-electron chi connectivity index (χ0n) is 16.1. The largest absolute Gasteiger partial charge is 0.414 e. The summed E-state index contributed by atoms with van der Waals surface area (Å²) >= 11 is 1.62. The molecule has 0 atom stereocenters. The topological polar surface area (TPSA) is 38.0 Å². The van der Waals surface area contributed by atoms with Gasteiger partial charge in [0.2, 0.25) is 0 Å². The van der Waals surface area contributed by atoms with Crippen molar-refractivity contribution in [1.82, 2.24) is 4.57 Å². The first-order valence-electron chi connectivity index (χ1n) is 8.73. The van der Waals surface area contributed by atoms with E-state index in [1.807, 2.05) is 0 Å². The quantitative estimate of drug-likeness (QED) is 0.748. The van der Waals surface area contributed by atoms with Gasteiger partial charge in [-0.2, -0.15) is 0 Å². The normalized spacial score (nSPS) is 23.0. The Bertz CT molecular complexity index is 598. The van der Waals surface area contributed by atoms with Gasteiger partial charge >= 0.3 is 0 Å². The van der Waals surface area contributed by atoms with Crippen molar-refractivity contribution < 1.29 is 4.43 Å². The molecule has 0 aliphatic heterocycles. The Morgan fingerprint density at radius 1 is 1.22 bits per heavy atom. The summed E-state index contributed by atoms with van der Waals surface area (Å²) in [5.41, 5.74) is 0.138. The second-order valence-corrected chi connectivity index (χ2v) is 15.4. The Hall–Kier alpha value is -0.393. The summed E-state index contributed by atoms with van der Waals surface area (Å²) in [4.78, 5) is 1.99. The zero-order valence-corrected chi connectivity index (χ0v) is 17.9. The van der Waals surface area contributed by atoms with Gasteiger partial charge in [0.1, 0.15) is 0 Å². The van der Waals surface area contributed by atoms with Crippen LogP contribution in [-0.2, 0) is 16.4 Å². The smallest absolute Gasteiger partial charge is 0.192 e. The molecule has 1 fully saturated rings. The predicted octanol–water partition coefficient (Wildman–Crippen LogP) is 5.13. The van der Waals surface area contributed by atoms with E-state index in [1.165, 1.54) is 4.88 Å². The molecular weight excluding hydrogens is 320 g/mol. The maximum Gasteiger partial charge on any atom is 0.192 e. The fourth-order valence-electron chi connectivity index (χ4n) is 2.66. The van der Waals surface area contributed by atoms with Gasteiger partial charge in [0.25, 0.3) is 0 Å². The van der Waals surface area contributed by atoms with Gasteiger partial charge in [-0.25, -0.2) is 0 Å². The molecular formula is C18H34N2OSSi. The SMILES string of the molecule is CC(C)(C)c1cn(CC2CC(O[Si](C)(C)C(C)(C)C)C2)c(=N)s1. The van der Waals surface area contributed by atoms with E-state index in [0.29, 0.717) is 16.8 Å². The van der Waals surface area contributed by atoms with E-state index in [2.05, 4.69) is 65.4 Å². The fourth-order valence-corrected chi connectivity index (χ4v) is 4.98. The maximum absolute atomic E-state index is 8.20. The average molecular weight is 355 g/mol. The summed E-state index contributed by atoms with van der Waals surface area (Å²) in [5.74, 6) is 0.668. The van der Waals surface area contributed by atoms with Gasteiger partial charge in [-0.05, 0) is 42.3 Å². The predicted molar refractivity (Wildman–Crippen MR) is 102 cm³/mol. The van der Waals surface area contributed by atoms with Gasteiger partial charge in [-0.15, -0.1) is 11.3 Å². The highest BCUT2D eigenvalue weighted by atomic mass is 32.1. The summed E-state index contributed by atoms with van der Waals surface area (Å²) in [6.45, 7) is 19.2. The molecule has 0 spiro atoms.